The van der Waals surface area contributed by atoms with Crippen LogP contribution in [0.4, 0.5) is 0 Å². The molecule has 6 nitrogen and oxygen atoms in total. The number of carbonyl (C=O) groups excluding carboxylic acids is 2. The Bertz CT molecular complexity index is 355. The van der Waals surface area contributed by atoms with E-state index in [-0.39, 0.29) is 55.0 Å². The van der Waals surface area contributed by atoms with Crippen molar-refractivity contribution in [3.8, 4) is 0 Å². The van der Waals surface area contributed by atoms with E-state index >= 15 is 0 Å². The van der Waals surface area contributed by atoms with Gasteiger partial charge in [-0.05, 0) is 19.3 Å². The van der Waals surface area contributed by atoms with Crippen LogP contribution in [0.3, 0.4) is 0 Å². The van der Waals surface area contributed by atoms with Crippen molar-refractivity contribution < 1.29 is 54.5 Å². The number of amides is 1. The summed E-state index contributed by atoms with van der Waals surface area (Å²) in [5.41, 5.74) is 0. The Morgan fingerprint density at radius 1 is 0.923 bits per heavy atom. The van der Waals surface area contributed by atoms with Gasteiger partial charge in [0.1, 0.15) is 0 Å². The molecular weight excluding hydrogens is 345 g/mol. The fraction of sp³-hybridized carbons (Fsp3) is 0.895. The Kier molecular flexibility index (Phi) is 21.2. The molecule has 0 rings (SSSR count). The summed E-state index contributed by atoms with van der Waals surface area (Å²) in [6.07, 6.45) is 10.2. The Morgan fingerprint density at radius 2 is 1.46 bits per heavy atom. The van der Waals surface area contributed by atoms with Gasteiger partial charge in [-0.25, -0.2) is 0 Å². The second-order valence-corrected chi connectivity index (χ2v) is 6.73. The van der Waals surface area contributed by atoms with Crippen molar-refractivity contribution >= 4 is 11.9 Å². The number of aliphatic hydroxyl groups excluding tert-OH is 2. The van der Waals surface area contributed by atoms with E-state index in [0.29, 0.717) is 12.8 Å². The van der Waals surface area contributed by atoms with Crippen LogP contribution in [0.25, 0.3) is 0 Å². The zero-order valence-corrected chi connectivity index (χ0v) is 18.8. The number of aliphatic carboxylic acids is 1. The zero-order valence-electron chi connectivity index (χ0n) is 16.8. The summed E-state index contributed by atoms with van der Waals surface area (Å²) in [4.78, 5) is 24.2. The number of aliphatic hydroxyl groups is 2. The number of hydrogen-bond acceptors (Lipinski definition) is 5. The van der Waals surface area contributed by atoms with Crippen LogP contribution in [0, 0.1) is 0 Å². The van der Waals surface area contributed by atoms with Gasteiger partial charge in [-0.3, -0.25) is 4.79 Å². The van der Waals surface area contributed by atoms with E-state index in [1.807, 2.05) is 0 Å². The molecule has 0 saturated carbocycles. The summed E-state index contributed by atoms with van der Waals surface area (Å²) in [6, 6.07) is 0. The third-order valence-electron chi connectivity index (χ3n) is 4.30. The van der Waals surface area contributed by atoms with Gasteiger partial charge in [0.2, 0.25) is 5.91 Å². The Labute approximate surface area is 180 Å². The van der Waals surface area contributed by atoms with Crippen molar-refractivity contribution in [3.05, 3.63) is 0 Å². The molecule has 2 N–H and O–H groups in total. The molecule has 1 atom stereocenters. The molecule has 0 aromatic carbocycles. The third kappa shape index (κ3) is 17.3. The van der Waals surface area contributed by atoms with Crippen LogP contribution in [-0.2, 0) is 9.59 Å². The minimum absolute atomic E-state index is 0. The third-order valence-corrected chi connectivity index (χ3v) is 4.30. The topological polar surface area (TPSA) is 101 Å². The minimum atomic E-state index is -1.14. The zero-order chi connectivity index (χ0) is 18.9. The summed E-state index contributed by atoms with van der Waals surface area (Å²) < 4.78 is 0. The van der Waals surface area contributed by atoms with E-state index in [0.717, 1.165) is 19.3 Å². The Hall–Kier alpha value is -0.140. The first kappa shape index (κ1) is 28.1. The molecule has 0 aromatic rings. The van der Waals surface area contributed by atoms with Crippen molar-refractivity contribution in [1.82, 2.24) is 4.90 Å². The van der Waals surface area contributed by atoms with Gasteiger partial charge in [-0.15, -0.1) is 0 Å². The molecule has 0 radical (unpaired) electrons. The fourth-order valence-corrected chi connectivity index (χ4v) is 2.79. The van der Waals surface area contributed by atoms with Gasteiger partial charge < -0.3 is 25.0 Å². The molecule has 7 heteroatoms. The van der Waals surface area contributed by atoms with E-state index in [1.54, 1.807) is 0 Å². The van der Waals surface area contributed by atoms with Crippen LogP contribution < -0.4 is 34.7 Å². The average Bonchev–Trinajstić information content (AvgIpc) is 2.58. The summed E-state index contributed by atoms with van der Waals surface area (Å²) >= 11 is 0. The van der Waals surface area contributed by atoms with Gasteiger partial charge in [0, 0.05) is 25.5 Å². The standard InChI is InChI=1S/C19H37NO5.Na/c1-2-3-4-5-6-7-8-9-10-12-18(23)20(15-17(22)16-21)14-11-13-19(24)25;/h17,21-22H,2-16H2,1H3,(H,24,25);/q;+1/p-1. The largest absolute Gasteiger partial charge is 1.00 e. The maximum Gasteiger partial charge on any atom is 1.00 e. The number of carbonyl (C=O) groups is 2. The number of hydrogen-bond donors (Lipinski definition) is 2. The van der Waals surface area contributed by atoms with Crippen molar-refractivity contribution in [2.24, 2.45) is 0 Å². The van der Waals surface area contributed by atoms with Crippen LogP contribution in [0.2, 0.25) is 0 Å². The van der Waals surface area contributed by atoms with Crippen molar-refractivity contribution in [1.29, 1.82) is 0 Å². The van der Waals surface area contributed by atoms with Crippen LogP contribution in [0.1, 0.15) is 84.0 Å². The van der Waals surface area contributed by atoms with Gasteiger partial charge in [0.05, 0.1) is 12.7 Å². The van der Waals surface area contributed by atoms with Crippen molar-refractivity contribution in [2.45, 2.75) is 90.1 Å². The molecule has 1 unspecified atom stereocenters. The Balaban J connectivity index is 0. The van der Waals surface area contributed by atoms with Gasteiger partial charge in [-0.2, -0.15) is 0 Å². The first-order chi connectivity index (χ1) is 12.0. The molecular formula is C19H36NNaO5. The predicted octanol–water partition coefficient (Wildman–Crippen LogP) is -1.38. The van der Waals surface area contributed by atoms with E-state index in [1.165, 1.54) is 43.4 Å². The summed E-state index contributed by atoms with van der Waals surface area (Å²) in [5, 5.41) is 29.0. The molecule has 0 aliphatic rings. The van der Waals surface area contributed by atoms with Gasteiger partial charge in [-0.1, -0.05) is 58.3 Å². The number of carboxylic acid groups (broad SMARTS) is 1. The average molecular weight is 381 g/mol. The second-order valence-electron chi connectivity index (χ2n) is 6.73. The molecule has 0 spiro atoms. The van der Waals surface area contributed by atoms with Crippen LogP contribution in [-0.4, -0.2) is 52.8 Å². The minimum Gasteiger partial charge on any atom is -0.550 e. The van der Waals surface area contributed by atoms with E-state index in [4.69, 9.17) is 5.11 Å². The first-order valence-corrected chi connectivity index (χ1v) is 9.77. The summed E-state index contributed by atoms with van der Waals surface area (Å²) in [6.45, 7) is 2.10. The number of rotatable bonds is 17. The van der Waals surface area contributed by atoms with Crippen LogP contribution in [0.5, 0.6) is 0 Å². The second kappa shape index (κ2) is 19.6. The van der Waals surface area contributed by atoms with Crippen molar-refractivity contribution in [2.75, 3.05) is 19.7 Å². The van der Waals surface area contributed by atoms with Gasteiger partial charge >= 0.3 is 29.6 Å². The maximum absolute atomic E-state index is 12.2. The number of nitrogens with zero attached hydrogens (tertiary/aromatic N) is 1. The van der Waals surface area contributed by atoms with Gasteiger partial charge in [0.25, 0.3) is 0 Å². The molecule has 0 fully saturated rings. The van der Waals surface area contributed by atoms with E-state index in [2.05, 4.69) is 6.92 Å². The van der Waals surface area contributed by atoms with Gasteiger partial charge in [0.15, 0.2) is 0 Å². The monoisotopic (exact) mass is 381 g/mol. The molecule has 0 heterocycles. The molecule has 0 bridgehead atoms. The molecule has 0 aliphatic heterocycles. The molecule has 148 valence electrons. The molecule has 0 aromatic heterocycles. The molecule has 0 aliphatic carbocycles. The quantitative estimate of drug-likeness (QED) is 0.239. The SMILES string of the molecule is CCCCCCCCCCCC(=O)N(CCCC(=O)[O-])CC(O)CO.[Na+]. The Morgan fingerprint density at radius 3 is 1.96 bits per heavy atom. The summed E-state index contributed by atoms with van der Waals surface area (Å²) in [7, 11) is 0. The van der Waals surface area contributed by atoms with Crippen LogP contribution in [0.15, 0.2) is 0 Å². The number of unbranched alkanes of at least 4 members (excludes halogenated alkanes) is 8. The van der Waals surface area contributed by atoms with Crippen molar-refractivity contribution in [3.63, 3.8) is 0 Å². The summed E-state index contributed by atoms with van der Waals surface area (Å²) in [5.74, 6) is -1.23. The van der Waals surface area contributed by atoms with Crippen LogP contribution >= 0.6 is 0 Å². The van der Waals surface area contributed by atoms with E-state index < -0.39 is 18.7 Å². The maximum atomic E-state index is 12.2. The smallest absolute Gasteiger partial charge is 0.550 e. The molecule has 1 amide bonds. The normalized spacial score (nSPS) is 11.7. The van der Waals surface area contributed by atoms with E-state index in [9.17, 15) is 19.8 Å². The molecule has 26 heavy (non-hydrogen) atoms. The first-order valence-electron chi connectivity index (χ1n) is 9.77. The fourth-order valence-electron chi connectivity index (χ4n) is 2.79. The molecule has 0 saturated heterocycles. The predicted molar refractivity (Wildman–Crippen MR) is 95.8 cm³/mol. The number of carboxylic acids is 1.